The van der Waals surface area contributed by atoms with Gasteiger partial charge in [0.05, 0.1) is 0 Å². The van der Waals surface area contributed by atoms with Crippen molar-refractivity contribution in [1.29, 1.82) is 0 Å². The monoisotopic (exact) mass is 499 g/mol. The van der Waals surface area contributed by atoms with Gasteiger partial charge in [-0.3, -0.25) is 9.69 Å². The molecule has 0 spiro atoms. The number of anilines is 4. The van der Waals surface area contributed by atoms with E-state index in [1.54, 1.807) is 6.20 Å². The average Bonchev–Trinajstić information content (AvgIpc) is 3.05. The first-order chi connectivity index (χ1) is 17.9. The molecule has 0 bridgehead atoms. The Morgan fingerprint density at radius 2 is 1.70 bits per heavy atom. The van der Waals surface area contributed by atoms with E-state index in [1.807, 2.05) is 29.8 Å². The van der Waals surface area contributed by atoms with Gasteiger partial charge in [-0.05, 0) is 57.6 Å². The van der Waals surface area contributed by atoms with Crippen LogP contribution in [0.3, 0.4) is 0 Å². The van der Waals surface area contributed by atoms with Crippen LogP contribution in [0.15, 0.2) is 60.8 Å². The van der Waals surface area contributed by atoms with Gasteiger partial charge in [-0.25, -0.2) is 4.98 Å². The number of benzene rings is 2. The third-order valence-corrected chi connectivity index (χ3v) is 7.86. The Morgan fingerprint density at radius 1 is 0.973 bits per heavy atom. The average molecular weight is 500 g/mol. The van der Waals surface area contributed by atoms with Crippen molar-refractivity contribution in [3.8, 4) is 0 Å². The Bertz CT molecular complexity index is 1240. The SMILES string of the molecule is CCNc1ncc2c(n1)N(C)CCN(c1cccc(N3CCC(c4ccccc4)(N(C)C)CC3)c1)C2=O. The van der Waals surface area contributed by atoms with E-state index in [9.17, 15) is 4.79 Å². The Hall–Kier alpha value is -3.65. The summed E-state index contributed by atoms with van der Waals surface area (Å²) < 4.78 is 0. The minimum atomic E-state index is -0.0612. The number of aromatic nitrogens is 2. The molecule has 0 aliphatic carbocycles. The smallest absolute Gasteiger partial charge is 0.263 e. The fraction of sp³-hybridized carbons (Fsp3) is 0.414. The number of fused-ring (bicyclic) bond motifs is 1. The predicted molar refractivity (Wildman–Crippen MR) is 151 cm³/mol. The second-order valence-electron chi connectivity index (χ2n) is 10.1. The van der Waals surface area contributed by atoms with E-state index in [0.29, 0.717) is 30.4 Å². The molecular formula is C29H37N7O. The molecule has 0 unspecified atom stereocenters. The van der Waals surface area contributed by atoms with Crippen LogP contribution in [0.4, 0.5) is 23.1 Å². The molecule has 37 heavy (non-hydrogen) atoms. The first-order valence-corrected chi connectivity index (χ1v) is 13.1. The van der Waals surface area contributed by atoms with Crippen molar-refractivity contribution in [3.63, 3.8) is 0 Å². The first kappa shape index (κ1) is 25.0. The normalized spacial score (nSPS) is 17.5. The predicted octanol–water partition coefficient (Wildman–Crippen LogP) is 4.06. The van der Waals surface area contributed by atoms with Crippen LogP contribution < -0.4 is 20.0 Å². The van der Waals surface area contributed by atoms with Gasteiger partial charge in [-0.1, -0.05) is 36.4 Å². The number of piperidine rings is 1. The molecule has 3 aromatic rings. The number of amides is 1. The maximum absolute atomic E-state index is 13.6. The van der Waals surface area contributed by atoms with E-state index in [2.05, 4.69) is 87.7 Å². The molecule has 0 atom stereocenters. The van der Waals surface area contributed by atoms with Crippen LogP contribution >= 0.6 is 0 Å². The Morgan fingerprint density at radius 3 is 2.41 bits per heavy atom. The number of nitrogens with zero attached hydrogens (tertiary/aromatic N) is 6. The van der Waals surface area contributed by atoms with Gasteiger partial charge in [0.1, 0.15) is 11.4 Å². The number of carbonyl (C=O) groups is 1. The summed E-state index contributed by atoms with van der Waals surface area (Å²) >= 11 is 0. The summed E-state index contributed by atoms with van der Waals surface area (Å²) in [4.78, 5) is 31.3. The standard InChI is InChI=1S/C29H37N7O/c1-5-30-28-31-21-25-26(32-28)34(4)18-19-36(27(25)37)24-13-9-12-23(20-24)35-16-14-29(15-17-35,33(2)3)22-10-7-6-8-11-22/h6-13,20-21H,5,14-19H2,1-4H3,(H,30,31,32). The molecule has 5 rings (SSSR count). The van der Waals surface area contributed by atoms with Crippen LogP contribution in [-0.4, -0.2) is 74.6 Å². The number of likely N-dealkylation sites (N-methyl/N-ethyl adjacent to an activating group) is 1. The lowest BCUT2D eigenvalue weighted by Crippen LogP contribution is -2.50. The minimum absolute atomic E-state index is 0.0376. The van der Waals surface area contributed by atoms with Crippen molar-refractivity contribution >= 4 is 29.0 Å². The molecule has 8 nitrogen and oxygen atoms in total. The molecule has 2 aliphatic rings. The van der Waals surface area contributed by atoms with Gasteiger partial charge in [-0.15, -0.1) is 0 Å². The van der Waals surface area contributed by atoms with Crippen molar-refractivity contribution in [2.45, 2.75) is 25.3 Å². The van der Waals surface area contributed by atoms with Crippen molar-refractivity contribution in [3.05, 3.63) is 71.9 Å². The number of hydrogen-bond acceptors (Lipinski definition) is 7. The molecule has 3 heterocycles. The summed E-state index contributed by atoms with van der Waals surface area (Å²) in [5.41, 5.74) is 4.01. The summed E-state index contributed by atoms with van der Waals surface area (Å²) in [6, 6.07) is 19.3. The first-order valence-electron chi connectivity index (χ1n) is 13.1. The highest BCUT2D eigenvalue weighted by Gasteiger charge is 2.38. The number of carbonyl (C=O) groups excluding carboxylic acids is 1. The van der Waals surface area contributed by atoms with E-state index in [-0.39, 0.29) is 11.4 Å². The molecule has 0 saturated carbocycles. The van der Waals surface area contributed by atoms with Gasteiger partial charge in [-0.2, -0.15) is 4.98 Å². The molecule has 8 heteroatoms. The number of hydrogen-bond donors (Lipinski definition) is 1. The van der Waals surface area contributed by atoms with E-state index in [4.69, 9.17) is 0 Å². The van der Waals surface area contributed by atoms with Crippen LogP contribution in [0, 0.1) is 0 Å². The zero-order valence-corrected chi connectivity index (χ0v) is 22.3. The fourth-order valence-corrected chi connectivity index (χ4v) is 5.64. The lowest BCUT2D eigenvalue weighted by molar-refractivity contribution is 0.0989. The van der Waals surface area contributed by atoms with Crippen molar-refractivity contribution in [2.75, 3.05) is 73.9 Å². The van der Waals surface area contributed by atoms with Crippen LogP contribution in [0.2, 0.25) is 0 Å². The van der Waals surface area contributed by atoms with Crippen LogP contribution in [0.5, 0.6) is 0 Å². The lowest BCUT2D eigenvalue weighted by Gasteiger charge is -2.47. The van der Waals surface area contributed by atoms with Crippen molar-refractivity contribution in [2.24, 2.45) is 0 Å². The third-order valence-electron chi connectivity index (χ3n) is 7.86. The summed E-state index contributed by atoms with van der Waals surface area (Å²) in [5, 5.41) is 3.14. The summed E-state index contributed by atoms with van der Waals surface area (Å²) in [5.74, 6) is 1.16. The maximum atomic E-state index is 13.6. The van der Waals surface area contributed by atoms with Gasteiger partial charge in [0, 0.05) is 62.9 Å². The molecule has 2 aromatic carbocycles. The zero-order chi connectivity index (χ0) is 26.0. The van der Waals surface area contributed by atoms with Gasteiger partial charge in [0.15, 0.2) is 0 Å². The minimum Gasteiger partial charge on any atom is -0.371 e. The summed E-state index contributed by atoms with van der Waals surface area (Å²) in [7, 11) is 6.36. The molecule has 1 N–H and O–H groups in total. The highest BCUT2D eigenvalue weighted by molar-refractivity contribution is 6.09. The van der Waals surface area contributed by atoms with Gasteiger partial charge < -0.3 is 20.0 Å². The summed E-state index contributed by atoms with van der Waals surface area (Å²) in [6.07, 6.45) is 3.73. The second-order valence-corrected chi connectivity index (χ2v) is 10.1. The third kappa shape index (κ3) is 4.73. The van der Waals surface area contributed by atoms with Crippen LogP contribution in [0.1, 0.15) is 35.7 Å². The molecule has 1 aromatic heterocycles. The summed E-state index contributed by atoms with van der Waals surface area (Å²) in [6.45, 7) is 5.92. The lowest BCUT2D eigenvalue weighted by atomic mass is 9.79. The fourth-order valence-electron chi connectivity index (χ4n) is 5.64. The van der Waals surface area contributed by atoms with Gasteiger partial charge in [0.2, 0.25) is 5.95 Å². The molecule has 1 amide bonds. The molecule has 0 radical (unpaired) electrons. The quantitative estimate of drug-likeness (QED) is 0.549. The van der Waals surface area contributed by atoms with E-state index >= 15 is 0 Å². The van der Waals surface area contributed by atoms with Crippen LogP contribution in [-0.2, 0) is 5.54 Å². The van der Waals surface area contributed by atoms with E-state index in [0.717, 1.165) is 43.9 Å². The van der Waals surface area contributed by atoms with E-state index in [1.165, 1.54) is 5.56 Å². The molecule has 2 aliphatic heterocycles. The largest absolute Gasteiger partial charge is 0.371 e. The molecular weight excluding hydrogens is 462 g/mol. The van der Waals surface area contributed by atoms with Gasteiger partial charge in [0.25, 0.3) is 5.91 Å². The number of rotatable bonds is 6. The van der Waals surface area contributed by atoms with Crippen molar-refractivity contribution in [1.82, 2.24) is 14.9 Å². The second kappa shape index (κ2) is 10.4. The van der Waals surface area contributed by atoms with Crippen molar-refractivity contribution < 1.29 is 4.79 Å². The molecule has 1 fully saturated rings. The van der Waals surface area contributed by atoms with E-state index < -0.39 is 0 Å². The maximum Gasteiger partial charge on any atom is 0.263 e. The van der Waals surface area contributed by atoms with Gasteiger partial charge >= 0.3 is 0 Å². The highest BCUT2D eigenvalue weighted by atomic mass is 16.2. The molecule has 194 valence electrons. The topological polar surface area (TPSA) is 67.8 Å². The Balaban J connectivity index is 1.37. The highest BCUT2D eigenvalue weighted by Crippen LogP contribution is 2.39. The Kier molecular flexibility index (Phi) is 7.02. The Labute approximate surface area is 219 Å². The number of nitrogens with one attached hydrogen (secondary N) is 1. The zero-order valence-electron chi connectivity index (χ0n) is 22.3. The van der Waals surface area contributed by atoms with Crippen LogP contribution in [0.25, 0.3) is 0 Å². The molecule has 1 saturated heterocycles.